The van der Waals surface area contributed by atoms with E-state index in [4.69, 9.17) is 0 Å². The van der Waals surface area contributed by atoms with Crippen LogP contribution in [-0.2, 0) is 0 Å². The van der Waals surface area contributed by atoms with E-state index >= 15 is 0 Å². The van der Waals surface area contributed by atoms with E-state index in [-0.39, 0.29) is 0 Å². The van der Waals surface area contributed by atoms with Gasteiger partial charge < -0.3 is 9.47 Å². The summed E-state index contributed by atoms with van der Waals surface area (Å²) >= 11 is 0. The van der Waals surface area contributed by atoms with Gasteiger partial charge in [0.1, 0.15) is 0 Å². The molecule has 0 saturated heterocycles. The van der Waals surface area contributed by atoms with Gasteiger partial charge in [0.15, 0.2) is 0 Å². The predicted octanol–water partition coefficient (Wildman–Crippen LogP) is 16.1. The third-order valence-corrected chi connectivity index (χ3v) is 11.8. The fourth-order valence-electron chi connectivity index (χ4n) is 8.99. The zero-order valence-corrected chi connectivity index (χ0v) is 33.0. The largest absolute Gasteiger partial charge is 0.310 e. The summed E-state index contributed by atoms with van der Waals surface area (Å²) in [7, 11) is 0. The molecule has 1 heterocycles. The number of para-hydroxylation sites is 4. The van der Waals surface area contributed by atoms with Crippen molar-refractivity contribution < 1.29 is 0 Å². The van der Waals surface area contributed by atoms with E-state index < -0.39 is 0 Å². The predicted molar refractivity (Wildman–Crippen MR) is 255 cm³/mol. The number of nitrogens with zero attached hydrogens (tertiary/aromatic N) is 2. The Morgan fingerprint density at radius 2 is 0.800 bits per heavy atom. The van der Waals surface area contributed by atoms with E-state index in [0.29, 0.717) is 0 Å². The van der Waals surface area contributed by atoms with Gasteiger partial charge in [-0.25, -0.2) is 0 Å². The molecule has 0 aliphatic rings. The fraction of sp³-hybridized carbons (Fsp3) is 0. The Bertz CT molecular complexity index is 3250. The van der Waals surface area contributed by atoms with Crippen LogP contribution < -0.4 is 4.90 Å². The number of fused-ring (bicyclic) bond motifs is 4. The van der Waals surface area contributed by atoms with Gasteiger partial charge in [-0.2, -0.15) is 0 Å². The number of hydrogen-bond acceptors (Lipinski definition) is 1. The summed E-state index contributed by atoms with van der Waals surface area (Å²) in [5, 5.41) is 5.03. The molecule has 10 aromatic carbocycles. The minimum Gasteiger partial charge on any atom is -0.310 e. The van der Waals surface area contributed by atoms with Gasteiger partial charge in [-0.3, -0.25) is 0 Å². The highest BCUT2D eigenvalue weighted by atomic mass is 15.1. The molecule has 2 heteroatoms. The SMILES string of the molecule is c1ccc(-c2cc(-c3ccccc3-n3c4ccccc4c4ccccc43)ccc2N(c2ccccc2)c2ccc(-c3cccc(-c4cccc5ccccc45)c3)cc2)cc1. The van der Waals surface area contributed by atoms with Gasteiger partial charge in [0.2, 0.25) is 0 Å². The first-order valence-electron chi connectivity index (χ1n) is 20.6. The standard InChI is InChI=1S/C58H40N2/c1-3-17-43(18-4-1)54-40-46(51-26-9-12-30-55(51)60-56-31-13-10-27-52(56)53-28-11-14-32-57(53)60)35-38-58(54)59(47-23-5-2-6-24-47)48-36-33-41(34-37-48)44-21-15-22-45(39-44)50-29-16-20-42-19-7-8-25-49(42)50/h1-40H. The van der Waals surface area contributed by atoms with Crippen LogP contribution in [0.2, 0.25) is 0 Å². The van der Waals surface area contributed by atoms with Crippen LogP contribution in [0.15, 0.2) is 243 Å². The molecule has 0 atom stereocenters. The van der Waals surface area contributed by atoms with Gasteiger partial charge in [-0.05, 0) is 105 Å². The number of anilines is 3. The average molecular weight is 765 g/mol. The van der Waals surface area contributed by atoms with Gasteiger partial charge in [0, 0.05) is 33.3 Å². The number of rotatable bonds is 8. The van der Waals surface area contributed by atoms with E-state index in [9.17, 15) is 0 Å². The minimum atomic E-state index is 1.09. The normalized spacial score (nSPS) is 11.3. The van der Waals surface area contributed by atoms with Crippen LogP contribution in [0.1, 0.15) is 0 Å². The van der Waals surface area contributed by atoms with Crippen molar-refractivity contribution in [2.75, 3.05) is 4.90 Å². The van der Waals surface area contributed by atoms with Crippen molar-refractivity contribution in [3.05, 3.63) is 243 Å². The van der Waals surface area contributed by atoms with Crippen LogP contribution in [0.5, 0.6) is 0 Å². The first-order chi connectivity index (χ1) is 29.8. The van der Waals surface area contributed by atoms with Crippen LogP contribution in [0.4, 0.5) is 17.1 Å². The number of benzene rings is 10. The Hall–Kier alpha value is -7.94. The van der Waals surface area contributed by atoms with Crippen molar-refractivity contribution in [3.63, 3.8) is 0 Å². The summed E-state index contributed by atoms with van der Waals surface area (Å²) in [6.07, 6.45) is 0. The molecule has 11 aromatic rings. The summed E-state index contributed by atoms with van der Waals surface area (Å²) in [5.74, 6) is 0. The fourth-order valence-corrected chi connectivity index (χ4v) is 8.99. The zero-order chi connectivity index (χ0) is 39.8. The summed E-state index contributed by atoms with van der Waals surface area (Å²) in [4.78, 5) is 2.39. The molecule has 11 rings (SSSR count). The second-order valence-electron chi connectivity index (χ2n) is 15.3. The minimum absolute atomic E-state index is 1.09. The molecule has 0 aliphatic carbocycles. The van der Waals surface area contributed by atoms with Crippen LogP contribution >= 0.6 is 0 Å². The first-order valence-corrected chi connectivity index (χ1v) is 20.6. The monoisotopic (exact) mass is 764 g/mol. The molecule has 0 spiro atoms. The molecule has 0 unspecified atom stereocenters. The van der Waals surface area contributed by atoms with E-state index in [2.05, 4.69) is 252 Å². The Morgan fingerprint density at radius 1 is 0.283 bits per heavy atom. The molecule has 0 amide bonds. The Balaban J connectivity index is 1.04. The van der Waals surface area contributed by atoms with Crippen molar-refractivity contribution in [3.8, 4) is 50.2 Å². The number of aromatic nitrogens is 1. The lowest BCUT2D eigenvalue weighted by atomic mass is 9.94. The molecule has 0 bridgehead atoms. The van der Waals surface area contributed by atoms with Crippen LogP contribution in [0, 0.1) is 0 Å². The van der Waals surface area contributed by atoms with E-state index in [0.717, 1.165) is 39.4 Å². The second kappa shape index (κ2) is 15.1. The van der Waals surface area contributed by atoms with Gasteiger partial charge in [0.05, 0.1) is 22.4 Å². The third-order valence-electron chi connectivity index (χ3n) is 11.8. The van der Waals surface area contributed by atoms with Crippen molar-refractivity contribution in [1.29, 1.82) is 0 Å². The van der Waals surface area contributed by atoms with E-state index in [1.54, 1.807) is 0 Å². The highest BCUT2D eigenvalue weighted by Crippen LogP contribution is 2.44. The molecule has 0 saturated carbocycles. The molecular formula is C58H40N2. The second-order valence-corrected chi connectivity index (χ2v) is 15.3. The summed E-state index contributed by atoms with van der Waals surface area (Å²) < 4.78 is 2.42. The molecule has 0 radical (unpaired) electrons. The van der Waals surface area contributed by atoms with E-state index in [1.165, 1.54) is 60.4 Å². The maximum Gasteiger partial charge on any atom is 0.0541 e. The topological polar surface area (TPSA) is 8.17 Å². The van der Waals surface area contributed by atoms with Crippen molar-refractivity contribution in [2.24, 2.45) is 0 Å². The molecule has 1 aromatic heterocycles. The zero-order valence-electron chi connectivity index (χ0n) is 33.0. The highest BCUT2D eigenvalue weighted by molar-refractivity contribution is 6.10. The first kappa shape index (κ1) is 35.2. The van der Waals surface area contributed by atoms with Gasteiger partial charge in [-0.15, -0.1) is 0 Å². The third kappa shape index (κ3) is 6.23. The quantitative estimate of drug-likeness (QED) is 0.150. The summed E-state index contributed by atoms with van der Waals surface area (Å²) in [6.45, 7) is 0. The van der Waals surface area contributed by atoms with Gasteiger partial charge in [-0.1, -0.05) is 182 Å². The summed E-state index contributed by atoms with van der Waals surface area (Å²) in [5.41, 5.74) is 16.3. The maximum absolute atomic E-state index is 2.42. The lowest BCUT2D eigenvalue weighted by Gasteiger charge is -2.28. The lowest BCUT2D eigenvalue weighted by Crippen LogP contribution is -2.11. The molecule has 0 fully saturated rings. The van der Waals surface area contributed by atoms with Crippen molar-refractivity contribution in [1.82, 2.24) is 4.57 Å². The molecule has 60 heavy (non-hydrogen) atoms. The van der Waals surface area contributed by atoms with Crippen molar-refractivity contribution >= 4 is 49.6 Å². The Morgan fingerprint density at radius 3 is 1.57 bits per heavy atom. The van der Waals surface area contributed by atoms with Crippen LogP contribution in [-0.4, -0.2) is 4.57 Å². The van der Waals surface area contributed by atoms with Gasteiger partial charge >= 0.3 is 0 Å². The maximum atomic E-state index is 2.42. The van der Waals surface area contributed by atoms with E-state index in [1.807, 2.05) is 0 Å². The molecule has 282 valence electrons. The Labute approximate surface area is 350 Å². The molecule has 0 N–H and O–H groups in total. The highest BCUT2D eigenvalue weighted by Gasteiger charge is 2.20. The van der Waals surface area contributed by atoms with Gasteiger partial charge in [0.25, 0.3) is 0 Å². The molecule has 0 aliphatic heterocycles. The van der Waals surface area contributed by atoms with Crippen molar-refractivity contribution in [2.45, 2.75) is 0 Å². The Kier molecular flexibility index (Phi) is 8.87. The van der Waals surface area contributed by atoms with Crippen LogP contribution in [0.3, 0.4) is 0 Å². The molecular weight excluding hydrogens is 725 g/mol. The average Bonchev–Trinajstić information content (AvgIpc) is 3.67. The lowest BCUT2D eigenvalue weighted by molar-refractivity contribution is 1.18. The number of hydrogen-bond donors (Lipinski definition) is 0. The molecule has 2 nitrogen and oxygen atoms in total. The van der Waals surface area contributed by atoms with Crippen LogP contribution in [0.25, 0.3) is 82.8 Å². The summed E-state index contributed by atoms with van der Waals surface area (Å²) in [6, 6.07) is 87.8. The smallest absolute Gasteiger partial charge is 0.0541 e.